The number of Topliss-reactive ketones (excluding diaryl/α,β-unsaturated/α-hetero) is 2. The molecule has 1 amide bonds. The summed E-state index contributed by atoms with van der Waals surface area (Å²) in [5.41, 5.74) is 2.40. The third kappa shape index (κ3) is 10.3. The number of hydrogen-bond donors (Lipinski definition) is 5. The summed E-state index contributed by atoms with van der Waals surface area (Å²) >= 11 is 0. The minimum Gasteiger partial charge on any atom is -0.393 e. The van der Waals surface area contributed by atoms with Gasteiger partial charge in [-0.1, -0.05) is 62.3 Å². The number of fused-ring (bicyclic) bond motifs is 7. The molecular weight excluding hydrogens is 811 g/mol. The van der Waals surface area contributed by atoms with Crippen molar-refractivity contribution >= 4 is 40.4 Å². The highest BCUT2D eigenvalue weighted by Crippen LogP contribution is 2.68. The average Bonchev–Trinajstić information content (AvgIpc) is 3.55. The average molecular weight is 894 g/mol. The molecule has 4 unspecified atom stereocenters. The Morgan fingerprint density at radius 1 is 0.922 bits per heavy atom. The molecule has 12 heteroatoms. The number of aliphatic imine (C=N–C) groups is 2. The van der Waals surface area contributed by atoms with Crippen LogP contribution in [0, 0.1) is 71.5 Å². The molecule has 7 rings (SSSR count). The third-order valence-electron chi connectivity index (χ3n) is 16.7. The van der Waals surface area contributed by atoms with E-state index in [2.05, 4.69) is 37.7 Å². The molecule has 0 aromatic heterocycles. The Bertz CT molecular complexity index is 1950. The number of benzene rings is 1. The molecule has 14 atom stereocenters. The standard InChI is InChI=1S/C29H50O3.C22H29N3O6.CH4/c1-17-12-13-28(6)19(14-17)15-23(30)26-21-10-9-20(29(21,7)25(32)16-22(26)28)18(2)8-11-24(31)27(3,4)5;1-11-6-13-14(7-12(11)2)25(21-19(23-13)15(26)8-18(29)24-21)9-16(27)20(30)17(28)10-31-22(3,4)5;/h17-23,25-26,30,32H,8-16H2,1-7H3;6-7,16-17,20,27-28,30H,8-10H2,1-5H3;1H4/t17-,18?,19+,20-,21+,22+,23-,25+,26+,28+,29-;;/m1../s1. The Kier molecular flexibility index (Phi) is 15.8. The first kappa shape index (κ1) is 52.1. The number of ketones is 2. The van der Waals surface area contributed by atoms with Crippen molar-refractivity contribution < 1.29 is 44.7 Å². The highest BCUT2D eigenvalue weighted by molar-refractivity contribution is 6.73. The predicted octanol–water partition coefficient (Wildman–Crippen LogP) is 7.88. The molecule has 5 N–H and O–H groups in total. The Morgan fingerprint density at radius 3 is 2.22 bits per heavy atom. The van der Waals surface area contributed by atoms with Crippen molar-refractivity contribution in [3.63, 3.8) is 0 Å². The zero-order valence-corrected chi connectivity index (χ0v) is 40.3. The highest BCUT2D eigenvalue weighted by Gasteiger charge is 2.65. The van der Waals surface area contributed by atoms with E-state index >= 15 is 0 Å². The maximum atomic E-state index is 12.6. The van der Waals surface area contributed by atoms with Gasteiger partial charge in [-0.2, -0.15) is 4.99 Å². The maximum Gasteiger partial charge on any atom is 0.255 e. The van der Waals surface area contributed by atoms with Gasteiger partial charge < -0.3 is 35.2 Å². The first-order valence-corrected chi connectivity index (χ1v) is 23.9. The Labute approximate surface area is 383 Å². The van der Waals surface area contributed by atoms with Crippen molar-refractivity contribution in [1.29, 1.82) is 0 Å². The maximum absolute atomic E-state index is 12.6. The summed E-state index contributed by atoms with van der Waals surface area (Å²) in [7, 11) is 0. The van der Waals surface area contributed by atoms with E-state index < -0.39 is 35.6 Å². The molecule has 2 aliphatic heterocycles. The summed E-state index contributed by atoms with van der Waals surface area (Å²) in [4.78, 5) is 46.8. The second kappa shape index (κ2) is 19.4. The number of ether oxygens (including phenoxy) is 1. The van der Waals surface area contributed by atoms with E-state index in [4.69, 9.17) is 4.74 Å². The minimum absolute atomic E-state index is 0. The number of amidine groups is 1. The fourth-order valence-corrected chi connectivity index (χ4v) is 12.7. The van der Waals surface area contributed by atoms with Gasteiger partial charge in [-0.3, -0.25) is 14.4 Å². The van der Waals surface area contributed by atoms with Gasteiger partial charge in [-0.15, -0.1) is 0 Å². The molecule has 1 aromatic rings. The van der Waals surface area contributed by atoms with Crippen molar-refractivity contribution in [3.8, 4) is 0 Å². The Balaban J connectivity index is 0.000000237. The summed E-state index contributed by atoms with van der Waals surface area (Å²) < 4.78 is 5.48. The minimum atomic E-state index is -1.52. The summed E-state index contributed by atoms with van der Waals surface area (Å²) in [5, 5.41) is 54.5. The van der Waals surface area contributed by atoms with Gasteiger partial charge in [0, 0.05) is 11.8 Å². The van der Waals surface area contributed by atoms with Crippen LogP contribution >= 0.6 is 0 Å². The molecule has 0 bridgehead atoms. The first-order valence-electron chi connectivity index (χ1n) is 23.9. The SMILES string of the molecule is C.CC(CCC(=O)C(C)(C)C)[C@H]1CC[C@H]2[C@@H]3[C@H](O)C[C@@H]4C[C@H](C)CC[C@]4(C)[C@H]3C[C@H](O)[C@]12C.Cc1cc2c(cc1C)N(CC(O)C(O)C(O)COC(C)(C)C)C1=NC(=O)CC(=O)C1=N2. The van der Waals surface area contributed by atoms with Crippen molar-refractivity contribution in [3.05, 3.63) is 23.3 Å². The number of nitrogens with zero attached hydrogens (tertiary/aromatic N) is 3. The zero-order valence-electron chi connectivity index (χ0n) is 40.3. The molecule has 0 saturated heterocycles. The molecule has 2 heterocycles. The number of aliphatic hydroxyl groups excluding tert-OH is 5. The second-order valence-corrected chi connectivity index (χ2v) is 23.1. The molecule has 0 radical (unpaired) electrons. The Morgan fingerprint density at radius 2 is 1.58 bits per heavy atom. The predicted molar refractivity (Wildman–Crippen MR) is 253 cm³/mol. The van der Waals surface area contributed by atoms with Gasteiger partial charge >= 0.3 is 0 Å². The quantitative estimate of drug-likeness (QED) is 0.145. The lowest BCUT2D eigenvalue weighted by molar-refractivity contribution is -0.203. The van der Waals surface area contributed by atoms with Crippen molar-refractivity contribution in [2.75, 3.05) is 18.1 Å². The van der Waals surface area contributed by atoms with E-state index in [1.54, 1.807) is 0 Å². The van der Waals surface area contributed by atoms with E-state index in [9.17, 15) is 39.9 Å². The highest BCUT2D eigenvalue weighted by atomic mass is 16.5. The molecule has 12 nitrogen and oxygen atoms in total. The van der Waals surface area contributed by atoms with Crippen LogP contribution in [0.1, 0.15) is 152 Å². The smallest absolute Gasteiger partial charge is 0.255 e. The van der Waals surface area contributed by atoms with Gasteiger partial charge in [0.15, 0.2) is 17.3 Å². The molecule has 4 saturated carbocycles. The van der Waals surface area contributed by atoms with Crippen molar-refractivity contribution in [2.45, 2.75) is 191 Å². The lowest BCUT2D eigenvalue weighted by Gasteiger charge is -2.63. The number of carbonyl (C=O) groups is 3. The van der Waals surface area contributed by atoms with Gasteiger partial charge in [0.1, 0.15) is 24.1 Å². The molecular formula is C52H83N3O9. The molecule has 4 fully saturated rings. The molecule has 1 aromatic carbocycles. The van der Waals surface area contributed by atoms with Crippen LogP contribution in [-0.4, -0.2) is 104 Å². The van der Waals surface area contributed by atoms with E-state index in [1.807, 2.05) is 67.5 Å². The van der Waals surface area contributed by atoms with Gasteiger partial charge in [0.2, 0.25) is 0 Å². The lowest BCUT2D eigenvalue weighted by Crippen LogP contribution is -2.62. The first-order chi connectivity index (χ1) is 29.2. The molecule has 64 heavy (non-hydrogen) atoms. The summed E-state index contributed by atoms with van der Waals surface area (Å²) in [6.45, 7) is 24.5. The largest absolute Gasteiger partial charge is 0.393 e. The van der Waals surface area contributed by atoms with E-state index in [0.29, 0.717) is 59.1 Å². The normalized spacial score (nSPS) is 34.2. The van der Waals surface area contributed by atoms with Gasteiger partial charge in [0.25, 0.3) is 5.91 Å². The van der Waals surface area contributed by atoms with Crippen LogP contribution in [0.2, 0.25) is 0 Å². The number of aryl methyl sites for hydroxylation is 2. The number of rotatable bonds is 10. The lowest BCUT2D eigenvalue weighted by atomic mass is 9.42. The van der Waals surface area contributed by atoms with Gasteiger partial charge in [-0.25, -0.2) is 4.99 Å². The van der Waals surface area contributed by atoms with Crippen LogP contribution in [0.5, 0.6) is 0 Å². The molecule has 0 spiro atoms. The molecule has 6 aliphatic rings. The van der Waals surface area contributed by atoms with Crippen LogP contribution in [0.4, 0.5) is 11.4 Å². The zero-order chi connectivity index (χ0) is 46.7. The number of amides is 1. The molecule has 360 valence electrons. The van der Waals surface area contributed by atoms with Crippen LogP contribution in [0.15, 0.2) is 22.1 Å². The summed E-state index contributed by atoms with van der Waals surface area (Å²) in [5.74, 6) is 2.81. The van der Waals surface area contributed by atoms with Crippen molar-refractivity contribution in [1.82, 2.24) is 0 Å². The van der Waals surface area contributed by atoms with E-state index in [-0.39, 0.29) is 67.0 Å². The van der Waals surface area contributed by atoms with Crippen LogP contribution < -0.4 is 4.90 Å². The fourth-order valence-electron chi connectivity index (χ4n) is 12.7. The third-order valence-corrected chi connectivity index (χ3v) is 16.7. The summed E-state index contributed by atoms with van der Waals surface area (Å²) in [6, 6.07) is 3.65. The number of anilines is 1. The number of aliphatic hydroxyl groups is 5. The van der Waals surface area contributed by atoms with E-state index in [1.165, 1.54) is 24.2 Å². The Hall–Kier alpha value is -2.87. The molecule has 4 aliphatic carbocycles. The number of hydrogen-bond acceptors (Lipinski definition) is 11. The van der Waals surface area contributed by atoms with Gasteiger partial charge in [-0.05, 0) is 155 Å². The van der Waals surface area contributed by atoms with Crippen LogP contribution in [0.25, 0.3) is 0 Å². The number of β-amino-alcohol motifs (C(OH)–C–C–N with tert-alkyl or cyclic N) is 1. The van der Waals surface area contributed by atoms with E-state index in [0.717, 1.165) is 49.1 Å². The summed E-state index contributed by atoms with van der Waals surface area (Å²) in [6.07, 6.45) is 4.34. The fraction of sp³-hybridized carbons (Fsp3) is 0.788. The van der Waals surface area contributed by atoms with Crippen LogP contribution in [0.3, 0.4) is 0 Å². The van der Waals surface area contributed by atoms with Crippen LogP contribution in [-0.2, 0) is 19.1 Å². The number of carbonyl (C=O) groups excluding carboxylic acids is 3. The van der Waals surface area contributed by atoms with Gasteiger partial charge in [0.05, 0.1) is 48.8 Å². The van der Waals surface area contributed by atoms with Crippen molar-refractivity contribution in [2.24, 2.45) is 67.7 Å². The second-order valence-electron chi connectivity index (χ2n) is 23.1. The monoisotopic (exact) mass is 894 g/mol. The topological polar surface area (TPSA) is 190 Å².